The minimum Gasteiger partial charge on any atom is -0.497 e. The second-order valence-electron chi connectivity index (χ2n) is 11.6. The van der Waals surface area contributed by atoms with Crippen LogP contribution < -0.4 is 20.7 Å². The first kappa shape index (κ1) is 28.8. The fourth-order valence-electron chi connectivity index (χ4n) is 6.30. The third-order valence-electron chi connectivity index (χ3n) is 8.73. The van der Waals surface area contributed by atoms with E-state index in [0.717, 1.165) is 64.5 Å². The number of carbonyl (C=O) groups excluding carboxylic acids is 1. The topological polar surface area (TPSA) is 125 Å². The average molecular weight is 603 g/mol. The number of hydrogen-bond acceptors (Lipinski definition) is 6. The van der Waals surface area contributed by atoms with E-state index in [0.29, 0.717) is 25.9 Å². The summed E-state index contributed by atoms with van der Waals surface area (Å²) < 4.78 is 7.59. The highest BCUT2D eigenvalue weighted by atomic mass is 16.5. The van der Waals surface area contributed by atoms with Crippen molar-refractivity contribution in [1.29, 1.82) is 0 Å². The zero-order valence-corrected chi connectivity index (χ0v) is 25.3. The molecule has 1 aliphatic heterocycles. The molecule has 3 aromatic heterocycles. The summed E-state index contributed by atoms with van der Waals surface area (Å²) in [5.41, 5.74) is 5.64. The summed E-state index contributed by atoms with van der Waals surface area (Å²) in [5.74, 6) is 2.37. The van der Waals surface area contributed by atoms with Crippen LogP contribution in [0.25, 0.3) is 21.8 Å². The largest absolute Gasteiger partial charge is 0.497 e. The van der Waals surface area contributed by atoms with Crippen LogP contribution in [0, 0.1) is 0 Å². The molecule has 4 heterocycles. The number of aromatic nitrogens is 5. The summed E-state index contributed by atoms with van der Waals surface area (Å²) in [5, 5.41) is 21.9. The summed E-state index contributed by atoms with van der Waals surface area (Å²) >= 11 is 0. The van der Waals surface area contributed by atoms with Crippen molar-refractivity contribution in [1.82, 2.24) is 40.7 Å². The molecule has 6 aromatic rings. The lowest BCUT2D eigenvalue weighted by molar-refractivity contribution is -0.124. The van der Waals surface area contributed by atoms with Gasteiger partial charge in [-0.15, -0.1) is 10.2 Å². The van der Waals surface area contributed by atoms with Gasteiger partial charge in [0.2, 0.25) is 5.91 Å². The highest BCUT2D eigenvalue weighted by Gasteiger charge is 2.28. The summed E-state index contributed by atoms with van der Waals surface area (Å²) in [6.45, 7) is 2.74. The molecular formula is C35H38N8O2. The van der Waals surface area contributed by atoms with E-state index >= 15 is 0 Å². The zero-order chi connectivity index (χ0) is 30.6. The van der Waals surface area contributed by atoms with Gasteiger partial charge in [0.05, 0.1) is 25.7 Å². The summed E-state index contributed by atoms with van der Waals surface area (Å²) in [6, 6.07) is 24.0. The SMILES string of the molecule is COc1ccc(Cn2c(CCc3c[nH]c4ccccc34)nnc2C(Cc2c[nH]c3ccccc23)NC(=O)[C@H]2CNCCN2)cc1. The fraction of sp³-hybridized carbons (Fsp3) is 0.286. The molecule has 1 aliphatic rings. The van der Waals surface area contributed by atoms with Crippen molar-refractivity contribution in [3.8, 4) is 5.75 Å². The van der Waals surface area contributed by atoms with Gasteiger partial charge in [-0.05, 0) is 47.4 Å². The van der Waals surface area contributed by atoms with Crippen LogP contribution in [0.15, 0.2) is 85.2 Å². The molecule has 10 heteroatoms. The third kappa shape index (κ3) is 6.20. The van der Waals surface area contributed by atoms with Crippen LogP contribution in [0.2, 0.25) is 0 Å². The van der Waals surface area contributed by atoms with Crippen molar-refractivity contribution in [3.63, 3.8) is 0 Å². The van der Waals surface area contributed by atoms with Crippen LogP contribution in [0.5, 0.6) is 5.75 Å². The molecule has 2 atom stereocenters. The van der Waals surface area contributed by atoms with Crippen LogP contribution in [0.1, 0.15) is 34.4 Å². The van der Waals surface area contributed by atoms with Crippen molar-refractivity contribution in [2.75, 3.05) is 26.7 Å². The molecule has 0 aliphatic carbocycles. The quantitative estimate of drug-likeness (QED) is 0.153. The number of para-hydroxylation sites is 2. The molecule has 230 valence electrons. The lowest BCUT2D eigenvalue weighted by Gasteiger charge is -2.27. The Balaban J connectivity index is 1.25. The number of H-pyrrole nitrogens is 2. The van der Waals surface area contributed by atoms with Crippen LogP contribution in [-0.4, -0.2) is 63.4 Å². The molecule has 10 nitrogen and oxygen atoms in total. The van der Waals surface area contributed by atoms with Gasteiger partial charge in [-0.2, -0.15) is 0 Å². The van der Waals surface area contributed by atoms with Gasteiger partial charge in [0.25, 0.3) is 0 Å². The van der Waals surface area contributed by atoms with Gasteiger partial charge in [0, 0.05) is 66.7 Å². The first-order valence-corrected chi connectivity index (χ1v) is 15.6. The van der Waals surface area contributed by atoms with Crippen LogP contribution in [0.3, 0.4) is 0 Å². The molecule has 3 aromatic carbocycles. The Morgan fingerprint density at radius 1 is 0.911 bits per heavy atom. The van der Waals surface area contributed by atoms with Gasteiger partial charge in [-0.25, -0.2) is 0 Å². The van der Waals surface area contributed by atoms with Crippen molar-refractivity contribution < 1.29 is 9.53 Å². The van der Waals surface area contributed by atoms with Gasteiger partial charge in [0.15, 0.2) is 5.82 Å². The van der Waals surface area contributed by atoms with E-state index in [2.05, 4.69) is 79.1 Å². The smallest absolute Gasteiger partial charge is 0.239 e. The fourth-order valence-corrected chi connectivity index (χ4v) is 6.30. The molecule has 1 unspecified atom stereocenters. The number of carbonyl (C=O) groups is 1. The van der Waals surface area contributed by atoms with Gasteiger partial charge < -0.3 is 35.2 Å². The number of methoxy groups -OCH3 is 1. The van der Waals surface area contributed by atoms with Gasteiger partial charge in [-0.3, -0.25) is 4.79 Å². The van der Waals surface area contributed by atoms with Crippen molar-refractivity contribution in [2.24, 2.45) is 0 Å². The number of ether oxygens (including phenoxy) is 1. The van der Waals surface area contributed by atoms with E-state index < -0.39 is 6.04 Å². The molecule has 5 N–H and O–H groups in total. The Morgan fingerprint density at radius 3 is 2.33 bits per heavy atom. The van der Waals surface area contributed by atoms with Crippen molar-refractivity contribution in [2.45, 2.75) is 37.9 Å². The normalized spacial score (nSPS) is 15.8. The van der Waals surface area contributed by atoms with E-state index in [-0.39, 0.29) is 11.9 Å². The first-order valence-electron chi connectivity index (χ1n) is 15.6. The minimum absolute atomic E-state index is 0.0496. The van der Waals surface area contributed by atoms with Crippen molar-refractivity contribution >= 4 is 27.7 Å². The minimum atomic E-state index is -0.395. The average Bonchev–Trinajstić information content (AvgIpc) is 3.81. The van der Waals surface area contributed by atoms with E-state index in [1.54, 1.807) is 7.11 Å². The molecule has 0 spiro atoms. The highest BCUT2D eigenvalue weighted by molar-refractivity contribution is 5.85. The molecule has 1 fully saturated rings. The van der Waals surface area contributed by atoms with Gasteiger partial charge in [-0.1, -0.05) is 48.5 Å². The predicted molar refractivity (Wildman–Crippen MR) is 175 cm³/mol. The maximum atomic E-state index is 13.6. The van der Waals surface area contributed by atoms with E-state index in [1.807, 2.05) is 36.5 Å². The Morgan fingerprint density at radius 2 is 1.62 bits per heavy atom. The van der Waals surface area contributed by atoms with Crippen LogP contribution in [0.4, 0.5) is 0 Å². The second kappa shape index (κ2) is 13.0. The van der Waals surface area contributed by atoms with E-state index in [4.69, 9.17) is 14.9 Å². The molecule has 0 radical (unpaired) electrons. The van der Waals surface area contributed by atoms with Gasteiger partial charge >= 0.3 is 0 Å². The van der Waals surface area contributed by atoms with Crippen LogP contribution >= 0.6 is 0 Å². The first-order chi connectivity index (χ1) is 22.2. The summed E-state index contributed by atoms with van der Waals surface area (Å²) in [4.78, 5) is 20.4. The number of piperazine rings is 1. The second-order valence-corrected chi connectivity index (χ2v) is 11.6. The standard InChI is InChI=1S/C35H38N8O2/c1-45-26-13-10-23(11-14-26)22-43-33(15-12-24-19-38-29-8-4-2-6-27(24)29)41-42-34(43)31(40-35(44)32-21-36-16-17-37-32)18-25-20-39-30-9-5-3-7-28(25)30/h2-11,13-14,19-20,31-32,36-39H,12,15-18,21-22H2,1H3,(H,40,44)/t31?,32-/m1/s1. The molecule has 1 amide bonds. The monoisotopic (exact) mass is 602 g/mol. The summed E-state index contributed by atoms with van der Waals surface area (Å²) in [6.07, 6.45) is 6.20. The molecule has 0 bridgehead atoms. The number of nitrogens with zero attached hydrogens (tertiary/aromatic N) is 3. The van der Waals surface area contributed by atoms with Gasteiger partial charge in [0.1, 0.15) is 11.6 Å². The number of fused-ring (bicyclic) bond motifs is 2. The number of nitrogens with one attached hydrogen (secondary N) is 5. The number of rotatable bonds is 11. The molecule has 0 saturated carbocycles. The maximum Gasteiger partial charge on any atom is 0.239 e. The Hall–Kier alpha value is -4.93. The van der Waals surface area contributed by atoms with Crippen molar-refractivity contribution in [3.05, 3.63) is 114 Å². The lowest BCUT2D eigenvalue weighted by Crippen LogP contribution is -2.56. The Kier molecular flexibility index (Phi) is 8.31. The number of aromatic amines is 2. The molecule has 45 heavy (non-hydrogen) atoms. The highest BCUT2D eigenvalue weighted by Crippen LogP contribution is 2.26. The third-order valence-corrected chi connectivity index (χ3v) is 8.73. The number of aryl methyl sites for hydroxylation is 2. The lowest BCUT2D eigenvalue weighted by atomic mass is 10.0. The summed E-state index contributed by atoms with van der Waals surface area (Å²) in [7, 11) is 1.67. The predicted octanol–water partition coefficient (Wildman–Crippen LogP) is 4.04. The Bertz CT molecular complexity index is 1900. The number of benzene rings is 3. The number of amides is 1. The maximum absolute atomic E-state index is 13.6. The van der Waals surface area contributed by atoms with Crippen LogP contribution in [-0.2, 0) is 30.6 Å². The zero-order valence-electron chi connectivity index (χ0n) is 25.3. The molecule has 1 saturated heterocycles. The molecule has 7 rings (SSSR count). The Labute approximate surface area is 261 Å². The van der Waals surface area contributed by atoms with E-state index in [9.17, 15) is 4.79 Å². The number of hydrogen-bond donors (Lipinski definition) is 5. The van der Waals surface area contributed by atoms with E-state index in [1.165, 1.54) is 10.9 Å². The molecular weight excluding hydrogens is 564 g/mol.